The van der Waals surface area contributed by atoms with Crippen LogP contribution in [0.4, 0.5) is 13.2 Å². The first kappa shape index (κ1) is 23.9. The predicted octanol–water partition coefficient (Wildman–Crippen LogP) is 6.91. The molecule has 5 nitrogen and oxygen atoms in total. The molecule has 5 rings (SSSR count). The molecule has 0 saturated carbocycles. The lowest BCUT2D eigenvalue weighted by Crippen LogP contribution is -2.18. The van der Waals surface area contributed by atoms with Crippen LogP contribution in [0.25, 0.3) is 22.0 Å². The van der Waals surface area contributed by atoms with E-state index in [1.165, 1.54) is 6.07 Å². The molecule has 2 unspecified atom stereocenters. The summed E-state index contributed by atoms with van der Waals surface area (Å²) in [6.07, 6.45) is -3.63. The predicted molar refractivity (Wildman–Crippen MR) is 129 cm³/mol. The van der Waals surface area contributed by atoms with Crippen molar-refractivity contribution in [1.29, 1.82) is 0 Å². The number of ether oxygens (including phenoxy) is 3. The first-order valence-electron chi connectivity index (χ1n) is 11.6. The zero-order valence-electron chi connectivity index (χ0n) is 19.7. The fraction of sp³-hybridized carbons (Fsp3) is 0.250. The molecule has 2 atom stereocenters. The monoisotopic (exact) mass is 495 g/mol. The molecule has 186 valence electrons. The Morgan fingerprint density at radius 2 is 1.81 bits per heavy atom. The summed E-state index contributed by atoms with van der Waals surface area (Å²) < 4.78 is 57.8. The van der Waals surface area contributed by atoms with Gasteiger partial charge in [0.1, 0.15) is 23.9 Å². The number of hydrogen-bond donors (Lipinski definition) is 1. The lowest BCUT2D eigenvalue weighted by molar-refractivity contribution is -0.137. The second-order valence-electron chi connectivity index (χ2n) is 8.64. The summed E-state index contributed by atoms with van der Waals surface area (Å²) in [6, 6.07) is 15.6. The van der Waals surface area contributed by atoms with Gasteiger partial charge in [-0.25, -0.2) is 0 Å². The molecule has 3 aromatic carbocycles. The topological polar surface area (TPSA) is 60.8 Å². The Labute approximate surface area is 206 Å². The quantitative estimate of drug-likeness (QED) is 0.315. The summed E-state index contributed by atoms with van der Waals surface area (Å²) >= 11 is 0. The maximum absolute atomic E-state index is 13.4. The van der Waals surface area contributed by atoms with Crippen molar-refractivity contribution in [3.63, 3.8) is 0 Å². The van der Waals surface area contributed by atoms with E-state index in [9.17, 15) is 18.3 Å². The van der Waals surface area contributed by atoms with Crippen molar-refractivity contribution < 1.29 is 32.5 Å². The minimum absolute atomic E-state index is 0.0576. The van der Waals surface area contributed by atoms with Gasteiger partial charge < -0.3 is 19.3 Å². The SMILES string of the molecule is CCOC(C)COc1ccc(C2Oc3cc(C(F)(F)F)ccc3-c3cnc4cc(O)ccc4c32)cc1. The second kappa shape index (κ2) is 9.35. The molecule has 0 radical (unpaired) electrons. The lowest BCUT2D eigenvalue weighted by Gasteiger charge is -2.30. The lowest BCUT2D eigenvalue weighted by atomic mass is 9.87. The van der Waals surface area contributed by atoms with E-state index in [0.717, 1.165) is 28.6 Å². The van der Waals surface area contributed by atoms with Gasteiger partial charge in [-0.05, 0) is 61.9 Å². The molecule has 8 heteroatoms. The van der Waals surface area contributed by atoms with Crippen LogP contribution < -0.4 is 9.47 Å². The molecule has 1 aliphatic heterocycles. The molecule has 4 aromatic rings. The smallest absolute Gasteiger partial charge is 0.416 e. The van der Waals surface area contributed by atoms with E-state index < -0.39 is 17.8 Å². The van der Waals surface area contributed by atoms with Gasteiger partial charge in [0.05, 0.1) is 17.2 Å². The van der Waals surface area contributed by atoms with Crippen molar-refractivity contribution in [2.24, 2.45) is 0 Å². The Morgan fingerprint density at radius 3 is 2.53 bits per heavy atom. The summed E-state index contributed by atoms with van der Waals surface area (Å²) in [5.74, 6) is 0.847. The van der Waals surface area contributed by atoms with E-state index in [4.69, 9.17) is 14.2 Å². The fourth-order valence-electron chi connectivity index (χ4n) is 4.42. The Bertz CT molecular complexity index is 1400. The van der Waals surface area contributed by atoms with E-state index in [0.29, 0.717) is 35.6 Å². The number of aromatic nitrogens is 1. The van der Waals surface area contributed by atoms with E-state index in [-0.39, 0.29) is 17.6 Å². The number of pyridine rings is 1. The van der Waals surface area contributed by atoms with Gasteiger partial charge in [0, 0.05) is 40.9 Å². The molecule has 1 aliphatic rings. The number of nitrogens with zero attached hydrogens (tertiary/aromatic N) is 1. The maximum atomic E-state index is 13.4. The normalized spacial score (nSPS) is 15.6. The average Bonchev–Trinajstić information content (AvgIpc) is 2.86. The van der Waals surface area contributed by atoms with Gasteiger partial charge in [-0.15, -0.1) is 0 Å². The highest BCUT2D eigenvalue weighted by Gasteiger charge is 2.35. The summed E-state index contributed by atoms with van der Waals surface area (Å²) in [6.45, 7) is 4.83. The molecule has 1 aromatic heterocycles. The fourth-order valence-corrected chi connectivity index (χ4v) is 4.42. The Kier molecular flexibility index (Phi) is 6.22. The van der Waals surface area contributed by atoms with Crippen molar-refractivity contribution in [1.82, 2.24) is 4.98 Å². The van der Waals surface area contributed by atoms with Crippen LogP contribution in [0.2, 0.25) is 0 Å². The highest BCUT2D eigenvalue weighted by Crippen LogP contribution is 2.48. The van der Waals surface area contributed by atoms with Crippen LogP contribution in [0.1, 0.15) is 36.6 Å². The molecular formula is C28H24F3NO4. The van der Waals surface area contributed by atoms with Crippen LogP contribution in [0, 0.1) is 0 Å². The molecule has 0 saturated heterocycles. The minimum Gasteiger partial charge on any atom is -0.508 e. The Hall–Kier alpha value is -3.78. The average molecular weight is 495 g/mol. The zero-order chi connectivity index (χ0) is 25.4. The van der Waals surface area contributed by atoms with Crippen LogP contribution in [-0.4, -0.2) is 29.4 Å². The van der Waals surface area contributed by atoms with Gasteiger partial charge in [-0.1, -0.05) is 12.1 Å². The molecule has 0 spiro atoms. The number of aromatic hydroxyl groups is 1. The number of alkyl halides is 3. The number of phenolic OH excluding ortho intramolecular Hbond substituents is 1. The van der Waals surface area contributed by atoms with Crippen LogP contribution in [0.15, 0.2) is 66.9 Å². The van der Waals surface area contributed by atoms with Crippen molar-refractivity contribution in [2.45, 2.75) is 32.2 Å². The van der Waals surface area contributed by atoms with Gasteiger partial charge in [0.15, 0.2) is 6.10 Å². The van der Waals surface area contributed by atoms with Crippen LogP contribution in [0.3, 0.4) is 0 Å². The van der Waals surface area contributed by atoms with E-state index >= 15 is 0 Å². The minimum atomic E-state index is -4.50. The highest BCUT2D eigenvalue weighted by molar-refractivity contribution is 5.92. The van der Waals surface area contributed by atoms with Gasteiger partial charge >= 0.3 is 6.18 Å². The molecule has 0 amide bonds. The number of halogens is 3. The number of rotatable bonds is 6. The van der Waals surface area contributed by atoms with Crippen molar-refractivity contribution in [3.8, 4) is 28.4 Å². The van der Waals surface area contributed by atoms with Crippen LogP contribution in [0.5, 0.6) is 17.2 Å². The number of benzene rings is 3. The Balaban J connectivity index is 1.58. The Morgan fingerprint density at radius 1 is 1.03 bits per heavy atom. The van der Waals surface area contributed by atoms with E-state index in [1.807, 2.05) is 26.0 Å². The highest BCUT2D eigenvalue weighted by atomic mass is 19.4. The first-order chi connectivity index (χ1) is 17.2. The molecule has 1 N–H and O–H groups in total. The van der Waals surface area contributed by atoms with Gasteiger partial charge in [0.25, 0.3) is 0 Å². The molecular weight excluding hydrogens is 471 g/mol. The van der Waals surface area contributed by atoms with E-state index in [1.54, 1.807) is 36.5 Å². The largest absolute Gasteiger partial charge is 0.508 e. The van der Waals surface area contributed by atoms with Gasteiger partial charge in [-0.2, -0.15) is 13.2 Å². The molecule has 36 heavy (non-hydrogen) atoms. The maximum Gasteiger partial charge on any atom is 0.416 e. The van der Waals surface area contributed by atoms with Gasteiger partial charge in [0.2, 0.25) is 0 Å². The molecule has 0 fully saturated rings. The molecule has 0 aliphatic carbocycles. The summed E-state index contributed by atoms with van der Waals surface area (Å²) in [5.41, 5.74) is 2.49. The summed E-state index contributed by atoms with van der Waals surface area (Å²) in [5, 5.41) is 10.7. The number of hydrogen-bond acceptors (Lipinski definition) is 5. The molecule has 2 heterocycles. The molecule has 0 bridgehead atoms. The van der Waals surface area contributed by atoms with Crippen molar-refractivity contribution in [3.05, 3.63) is 83.6 Å². The number of phenols is 1. The third-order valence-electron chi connectivity index (χ3n) is 6.12. The van der Waals surface area contributed by atoms with Crippen LogP contribution >= 0.6 is 0 Å². The van der Waals surface area contributed by atoms with Crippen molar-refractivity contribution >= 4 is 10.9 Å². The zero-order valence-corrected chi connectivity index (χ0v) is 19.7. The second-order valence-corrected chi connectivity index (χ2v) is 8.64. The first-order valence-corrected chi connectivity index (χ1v) is 11.6. The third-order valence-corrected chi connectivity index (χ3v) is 6.12. The van der Waals surface area contributed by atoms with E-state index in [2.05, 4.69) is 4.98 Å². The summed E-state index contributed by atoms with van der Waals surface area (Å²) in [7, 11) is 0. The summed E-state index contributed by atoms with van der Waals surface area (Å²) in [4.78, 5) is 4.45. The third kappa shape index (κ3) is 4.56. The standard InChI is InChI=1S/C28H24F3NO4/c1-3-34-16(2)15-35-20-8-4-17(5-9-20)27-26-22-11-7-19(33)13-24(22)32-14-23(26)21-10-6-18(28(29,30)31)12-25(21)36-27/h4-14,16,27,33H,3,15H2,1-2H3. The van der Waals surface area contributed by atoms with Crippen molar-refractivity contribution in [2.75, 3.05) is 13.2 Å². The van der Waals surface area contributed by atoms with Crippen LogP contribution in [-0.2, 0) is 10.9 Å². The van der Waals surface area contributed by atoms with Gasteiger partial charge in [-0.3, -0.25) is 4.98 Å². The number of fused-ring (bicyclic) bond motifs is 5.